The number of aliphatic carboxylic acids is 1. The standard InChI is InChI=1S/C38H40BrClFN3O5/c39-31-17-14-27(41)19-34(31)49-18-4-5-24-10-12-25(13-11-24)30-20-28-22-43(35(45)8-3-9-36(46)47)23-33(42-28)37(30)38(48)44(29-15-16-29)21-26-6-1-2-7-32(26)40/h1-2,6-7,10-14,17,19,28-29,33,42H,3-5,8-9,15-16,18,20-23H2,(H,46,47)/t28-,33-/m1/s1. The van der Waals surface area contributed by atoms with Crippen molar-refractivity contribution in [3.63, 3.8) is 0 Å². The molecule has 3 aromatic carbocycles. The molecule has 2 amide bonds. The van der Waals surface area contributed by atoms with Gasteiger partial charge in [0, 0.05) is 61.2 Å². The van der Waals surface area contributed by atoms with E-state index in [1.165, 1.54) is 12.1 Å². The lowest BCUT2D eigenvalue weighted by Crippen LogP contribution is -2.62. The maximum Gasteiger partial charge on any atom is 0.303 e. The Hall–Kier alpha value is -3.73. The molecule has 11 heteroatoms. The first-order chi connectivity index (χ1) is 23.7. The minimum atomic E-state index is -0.916. The number of nitrogens with one attached hydrogen (secondary N) is 1. The Morgan fingerprint density at radius 1 is 1.02 bits per heavy atom. The minimum Gasteiger partial charge on any atom is -0.492 e. The van der Waals surface area contributed by atoms with Gasteiger partial charge in [0.25, 0.3) is 5.91 Å². The van der Waals surface area contributed by atoms with Crippen LogP contribution in [-0.2, 0) is 27.3 Å². The van der Waals surface area contributed by atoms with E-state index in [1.807, 2.05) is 29.2 Å². The number of amides is 2. The first-order valence-electron chi connectivity index (χ1n) is 16.9. The van der Waals surface area contributed by atoms with Gasteiger partial charge in [-0.1, -0.05) is 54.1 Å². The summed E-state index contributed by atoms with van der Waals surface area (Å²) < 4.78 is 20.1. The van der Waals surface area contributed by atoms with Crippen LogP contribution in [0.5, 0.6) is 5.75 Å². The van der Waals surface area contributed by atoms with Crippen molar-refractivity contribution in [1.29, 1.82) is 0 Å². The highest BCUT2D eigenvalue weighted by Crippen LogP contribution is 2.38. The highest BCUT2D eigenvalue weighted by molar-refractivity contribution is 9.10. The molecule has 0 aromatic heterocycles. The molecule has 3 aliphatic rings. The number of hydrogen-bond acceptors (Lipinski definition) is 5. The van der Waals surface area contributed by atoms with Crippen LogP contribution < -0.4 is 10.1 Å². The highest BCUT2D eigenvalue weighted by atomic mass is 79.9. The average molecular weight is 753 g/mol. The number of fused-ring (bicyclic) bond motifs is 2. The van der Waals surface area contributed by atoms with Crippen LogP contribution in [0, 0.1) is 5.82 Å². The van der Waals surface area contributed by atoms with Crippen LogP contribution in [0.1, 0.15) is 61.6 Å². The number of carbonyl (C=O) groups is 3. The molecule has 258 valence electrons. The Morgan fingerprint density at radius 2 is 1.80 bits per heavy atom. The second-order valence-electron chi connectivity index (χ2n) is 13.0. The molecule has 0 unspecified atom stereocenters. The van der Waals surface area contributed by atoms with Crippen LogP contribution in [-0.4, -0.2) is 70.5 Å². The Bertz CT molecular complexity index is 1730. The normalized spacial score (nSPS) is 18.7. The molecule has 1 aliphatic carbocycles. The van der Waals surface area contributed by atoms with E-state index in [0.717, 1.165) is 47.9 Å². The number of carboxylic acids is 1. The second kappa shape index (κ2) is 15.9. The lowest BCUT2D eigenvalue weighted by molar-refractivity contribution is -0.138. The third-order valence-electron chi connectivity index (χ3n) is 9.38. The summed E-state index contributed by atoms with van der Waals surface area (Å²) in [7, 11) is 0. The van der Waals surface area contributed by atoms with Crippen molar-refractivity contribution >= 4 is 50.9 Å². The van der Waals surface area contributed by atoms with E-state index < -0.39 is 5.97 Å². The molecule has 0 radical (unpaired) electrons. The lowest BCUT2D eigenvalue weighted by atomic mass is 9.82. The summed E-state index contributed by atoms with van der Waals surface area (Å²) in [6, 6.07) is 20.0. The van der Waals surface area contributed by atoms with E-state index >= 15 is 0 Å². The van der Waals surface area contributed by atoms with E-state index in [4.69, 9.17) is 21.4 Å². The third-order valence-corrected chi connectivity index (χ3v) is 10.4. The summed E-state index contributed by atoms with van der Waals surface area (Å²) in [5, 5.41) is 13.3. The first-order valence-corrected chi connectivity index (χ1v) is 18.0. The van der Waals surface area contributed by atoms with Crippen LogP contribution in [0.4, 0.5) is 4.39 Å². The van der Waals surface area contributed by atoms with Crippen molar-refractivity contribution in [3.05, 3.63) is 104 Å². The molecule has 1 saturated heterocycles. The van der Waals surface area contributed by atoms with Gasteiger partial charge in [0.1, 0.15) is 11.6 Å². The number of halogens is 3. The van der Waals surface area contributed by atoms with Gasteiger partial charge in [0.2, 0.25) is 5.91 Å². The van der Waals surface area contributed by atoms with Gasteiger partial charge in [-0.25, -0.2) is 4.39 Å². The van der Waals surface area contributed by atoms with E-state index in [-0.39, 0.29) is 55.0 Å². The zero-order valence-corrected chi connectivity index (χ0v) is 29.5. The summed E-state index contributed by atoms with van der Waals surface area (Å²) in [6.45, 7) is 1.69. The predicted molar refractivity (Wildman–Crippen MR) is 190 cm³/mol. The maximum absolute atomic E-state index is 14.7. The minimum absolute atomic E-state index is 0.0364. The molecule has 1 saturated carbocycles. The van der Waals surface area contributed by atoms with Gasteiger partial charge < -0.3 is 25.0 Å². The molecular formula is C38H40BrClFN3O5. The molecule has 6 rings (SSSR count). The van der Waals surface area contributed by atoms with Crippen molar-refractivity contribution < 1.29 is 28.6 Å². The predicted octanol–water partition coefficient (Wildman–Crippen LogP) is 7.03. The number of nitrogens with zero attached hydrogens (tertiary/aromatic N) is 2. The van der Waals surface area contributed by atoms with Gasteiger partial charge in [-0.3, -0.25) is 14.4 Å². The number of hydrogen-bond donors (Lipinski definition) is 2. The topological polar surface area (TPSA) is 99.2 Å². The molecule has 49 heavy (non-hydrogen) atoms. The molecule has 2 aliphatic heterocycles. The van der Waals surface area contributed by atoms with Crippen molar-refractivity contribution in [2.24, 2.45) is 0 Å². The van der Waals surface area contributed by atoms with Crippen LogP contribution in [0.3, 0.4) is 0 Å². The van der Waals surface area contributed by atoms with Crippen molar-refractivity contribution in [1.82, 2.24) is 15.1 Å². The lowest BCUT2D eigenvalue weighted by Gasteiger charge is -2.45. The molecule has 2 N–H and O–H groups in total. The smallest absolute Gasteiger partial charge is 0.303 e. The fourth-order valence-corrected chi connectivity index (χ4v) is 7.31. The quantitative estimate of drug-likeness (QED) is 0.172. The van der Waals surface area contributed by atoms with Gasteiger partial charge in [-0.15, -0.1) is 0 Å². The van der Waals surface area contributed by atoms with Gasteiger partial charge in [-0.2, -0.15) is 0 Å². The third kappa shape index (κ3) is 8.90. The fraction of sp³-hybridized carbons (Fsp3) is 0.395. The van der Waals surface area contributed by atoms with Crippen LogP contribution in [0.15, 0.2) is 76.8 Å². The van der Waals surface area contributed by atoms with Gasteiger partial charge in [-0.05, 0) is 94.9 Å². The monoisotopic (exact) mass is 751 g/mol. The average Bonchev–Trinajstić information content (AvgIpc) is 3.93. The van der Waals surface area contributed by atoms with Crippen molar-refractivity contribution in [3.8, 4) is 5.75 Å². The second-order valence-corrected chi connectivity index (χ2v) is 14.3. The number of benzene rings is 3. The summed E-state index contributed by atoms with van der Waals surface area (Å²) >= 11 is 9.94. The van der Waals surface area contributed by atoms with Gasteiger partial charge in [0.05, 0.1) is 17.1 Å². The molecule has 0 spiro atoms. The number of ether oxygens (including phenoxy) is 1. The molecule has 2 heterocycles. The molecular weight excluding hydrogens is 713 g/mol. The number of carbonyl (C=O) groups excluding carboxylic acids is 2. The van der Waals surface area contributed by atoms with Crippen molar-refractivity contribution in [2.45, 2.75) is 76.0 Å². The molecule has 2 atom stereocenters. The summed E-state index contributed by atoms with van der Waals surface area (Å²) in [6.07, 6.45) is 4.37. The van der Waals surface area contributed by atoms with Gasteiger partial charge >= 0.3 is 5.97 Å². The van der Waals surface area contributed by atoms with E-state index in [1.54, 1.807) is 11.0 Å². The van der Waals surface area contributed by atoms with E-state index in [9.17, 15) is 18.8 Å². The molecule has 8 nitrogen and oxygen atoms in total. The molecule has 2 fully saturated rings. The largest absolute Gasteiger partial charge is 0.492 e. The summed E-state index contributed by atoms with van der Waals surface area (Å²) in [5.74, 6) is -0.909. The number of piperazine rings is 1. The zero-order valence-electron chi connectivity index (χ0n) is 27.2. The van der Waals surface area contributed by atoms with Crippen LogP contribution >= 0.6 is 27.5 Å². The zero-order chi connectivity index (χ0) is 34.5. The van der Waals surface area contributed by atoms with Crippen LogP contribution in [0.2, 0.25) is 5.02 Å². The molecule has 3 aromatic rings. The Balaban J connectivity index is 1.22. The SMILES string of the molecule is O=C(O)CCCC(=O)N1C[C@H]2CC(c3ccc(CCCOc4cc(F)ccc4Br)cc3)=C(C(=O)N(Cc3ccccc3Cl)C3CC3)[C@@H](C1)N2. The molecule has 2 bridgehead atoms. The Kier molecular flexibility index (Phi) is 11.4. The number of aryl methyl sites for hydroxylation is 1. The Morgan fingerprint density at radius 3 is 2.53 bits per heavy atom. The maximum atomic E-state index is 14.7. The summed E-state index contributed by atoms with van der Waals surface area (Å²) in [5.41, 5.74) is 4.68. The van der Waals surface area contributed by atoms with E-state index in [2.05, 4.69) is 45.5 Å². The number of rotatable bonds is 14. The van der Waals surface area contributed by atoms with Crippen molar-refractivity contribution in [2.75, 3.05) is 19.7 Å². The highest BCUT2D eigenvalue weighted by Gasteiger charge is 2.43. The fourth-order valence-electron chi connectivity index (χ4n) is 6.76. The Labute approximate surface area is 299 Å². The van der Waals surface area contributed by atoms with Crippen LogP contribution in [0.25, 0.3) is 5.57 Å². The van der Waals surface area contributed by atoms with E-state index in [0.29, 0.717) is 53.5 Å². The number of carboxylic acid groups (broad SMARTS) is 1. The van der Waals surface area contributed by atoms with Gasteiger partial charge in [0.15, 0.2) is 0 Å². The summed E-state index contributed by atoms with van der Waals surface area (Å²) in [4.78, 5) is 42.6. The first kappa shape index (κ1) is 35.1.